The van der Waals surface area contributed by atoms with E-state index >= 15 is 0 Å². The van der Waals surface area contributed by atoms with Gasteiger partial charge in [0.2, 0.25) is 0 Å². The maximum Gasteiger partial charge on any atom is 0.175 e. The highest BCUT2D eigenvalue weighted by Crippen LogP contribution is 2.36. The number of aldehydes is 1. The molecule has 0 aliphatic rings. The van der Waals surface area contributed by atoms with Crippen molar-refractivity contribution in [2.75, 3.05) is 19.8 Å². The minimum Gasteiger partial charge on any atom is -0.490 e. The van der Waals surface area contributed by atoms with Gasteiger partial charge in [0.05, 0.1) is 17.7 Å². The molecule has 0 saturated heterocycles. The molecule has 0 aliphatic carbocycles. The SMILES string of the molecule is CCOc1cc(C=O)cc(Br)c1OCC(O)CO. The lowest BCUT2D eigenvalue weighted by Crippen LogP contribution is -2.21. The van der Waals surface area contributed by atoms with Crippen molar-refractivity contribution in [3.63, 3.8) is 0 Å². The maximum atomic E-state index is 10.7. The minimum atomic E-state index is -0.961. The van der Waals surface area contributed by atoms with Crippen molar-refractivity contribution in [2.24, 2.45) is 0 Å². The van der Waals surface area contributed by atoms with Gasteiger partial charge >= 0.3 is 0 Å². The second kappa shape index (κ2) is 7.35. The van der Waals surface area contributed by atoms with E-state index in [-0.39, 0.29) is 13.2 Å². The lowest BCUT2D eigenvalue weighted by Gasteiger charge is -2.15. The van der Waals surface area contributed by atoms with Gasteiger partial charge in [0, 0.05) is 5.56 Å². The summed E-state index contributed by atoms with van der Waals surface area (Å²) in [4.78, 5) is 10.7. The summed E-state index contributed by atoms with van der Waals surface area (Å²) in [5.41, 5.74) is 0.459. The highest BCUT2D eigenvalue weighted by Gasteiger charge is 2.13. The van der Waals surface area contributed by atoms with Crippen molar-refractivity contribution >= 4 is 22.2 Å². The molecule has 0 saturated carbocycles. The van der Waals surface area contributed by atoms with E-state index in [0.29, 0.717) is 34.4 Å². The number of benzene rings is 1. The molecule has 1 atom stereocenters. The molecule has 1 rings (SSSR count). The van der Waals surface area contributed by atoms with Crippen LogP contribution in [0.3, 0.4) is 0 Å². The quantitative estimate of drug-likeness (QED) is 0.743. The lowest BCUT2D eigenvalue weighted by atomic mass is 10.2. The number of halogens is 1. The van der Waals surface area contributed by atoms with Crippen LogP contribution >= 0.6 is 15.9 Å². The number of carbonyl (C=O) groups is 1. The molecule has 18 heavy (non-hydrogen) atoms. The summed E-state index contributed by atoms with van der Waals surface area (Å²) in [5.74, 6) is 0.814. The second-order valence-corrected chi connectivity index (χ2v) is 4.38. The monoisotopic (exact) mass is 318 g/mol. The van der Waals surface area contributed by atoms with Crippen LogP contribution in [0.4, 0.5) is 0 Å². The summed E-state index contributed by atoms with van der Waals surface area (Å²) < 4.78 is 11.3. The molecule has 0 radical (unpaired) electrons. The topological polar surface area (TPSA) is 76.0 Å². The van der Waals surface area contributed by atoms with E-state index in [1.807, 2.05) is 6.92 Å². The molecule has 0 aliphatic heterocycles. The summed E-state index contributed by atoms with van der Waals surface area (Å²) in [6.07, 6.45) is -0.253. The van der Waals surface area contributed by atoms with Crippen LogP contribution in [0.25, 0.3) is 0 Å². The first-order chi connectivity index (χ1) is 8.62. The van der Waals surface area contributed by atoms with E-state index in [9.17, 15) is 9.90 Å². The van der Waals surface area contributed by atoms with Crippen LogP contribution in [0.5, 0.6) is 11.5 Å². The number of hydrogen-bond donors (Lipinski definition) is 2. The Balaban J connectivity index is 2.96. The Morgan fingerprint density at radius 3 is 2.72 bits per heavy atom. The zero-order chi connectivity index (χ0) is 13.5. The third-order valence-electron chi connectivity index (χ3n) is 2.10. The summed E-state index contributed by atoms with van der Waals surface area (Å²) in [5, 5.41) is 18.0. The predicted octanol–water partition coefficient (Wildman–Crippen LogP) is 1.39. The van der Waals surface area contributed by atoms with Crippen molar-refractivity contribution < 1.29 is 24.5 Å². The Labute approximate surface area is 113 Å². The first-order valence-corrected chi connectivity index (χ1v) is 6.24. The third kappa shape index (κ3) is 3.97. The number of aliphatic hydroxyl groups excluding tert-OH is 2. The summed E-state index contributed by atoms with van der Waals surface area (Å²) in [6.45, 7) is 1.80. The van der Waals surface area contributed by atoms with Crippen molar-refractivity contribution in [2.45, 2.75) is 13.0 Å². The van der Waals surface area contributed by atoms with E-state index < -0.39 is 6.10 Å². The Kier molecular flexibility index (Phi) is 6.11. The van der Waals surface area contributed by atoms with Crippen LogP contribution < -0.4 is 9.47 Å². The molecule has 1 aromatic carbocycles. The predicted molar refractivity (Wildman–Crippen MR) is 69.3 cm³/mol. The highest BCUT2D eigenvalue weighted by molar-refractivity contribution is 9.10. The van der Waals surface area contributed by atoms with Gasteiger partial charge in [-0.1, -0.05) is 0 Å². The summed E-state index contributed by atoms with van der Waals surface area (Å²) in [6, 6.07) is 3.15. The third-order valence-corrected chi connectivity index (χ3v) is 2.69. The summed E-state index contributed by atoms with van der Waals surface area (Å²) >= 11 is 3.27. The first-order valence-electron chi connectivity index (χ1n) is 5.45. The Hall–Kier alpha value is -1.11. The molecule has 1 unspecified atom stereocenters. The van der Waals surface area contributed by atoms with Gasteiger partial charge in [-0.15, -0.1) is 0 Å². The zero-order valence-electron chi connectivity index (χ0n) is 9.93. The molecule has 1 aromatic rings. The van der Waals surface area contributed by atoms with Crippen LogP contribution in [0.1, 0.15) is 17.3 Å². The highest BCUT2D eigenvalue weighted by atomic mass is 79.9. The molecule has 0 heterocycles. The number of hydrogen-bond acceptors (Lipinski definition) is 5. The molecule has 0 amide bonds. The molecule has 5 nitrogen and oxygen atoms in total. The van der Waals surface area contributed by atoms with Crippen molar-refractivity contribution in [3.05, 3.63) is 22.2 Å². The van der Waals surface area contributed by atoms with E-state index in [1.54, 1.807) is 12.1 Å². The normalized spacial score (nSPS) is 12.0. The molecule has 100 valence electrons. The number of rotatable bonds is 7. The van der Waals surface area contributed by atoms with Crippen molar-refractivity contribution in [1.82, 2.24) is 0 Å². The Morgan fingerprint density at radius 1 is 1.44 bits per heavy atom. The van der Waals surface area contributed by atoms with E-state index in [4.69, 9.17) is 14.6 Å². The van der Waals surface area contributed by atoms with Crippen molar-refractivity contribution in [3.8, 4) is 11.5 Å². The molecule has 0 bridgehead atoms. The van der Waals surface area contributed by atoms with Gasteiger partial charge in [-0.2, -0.15) is 0 Å². The van der Waals surface area contributed by atoms with E-state index in [0.717, 1.165) is 0 Å². The van der Waals surface area contributed by atoms with E-state index in [2.05, 4.69) is 15.9 Å². The first kappa shape index (κ1) is 14.9. The largest absolute Gasteiger partial charge is 0.490 e. The molecular formula is C12H15BrO5. The second-order valence-electron chi connectivity index (χ2n) is 3.53. The van der Waals surface area contributed by atoms with Crippen LogP contribution in [0.2, 0.25) is 0 Å². The molecule has 0 aromatic heterocycles. The lowest BCUT2D eigenvalue weighted by molar-refractivity contribution is 0.0522. The van der Waals surface area contributed by atoms with Gasteiger partial charge in [0.1, 0.15) is 19.0 Å². The summed E-state index contributed by atoms with van der Waals surface area (Å²) in [7, 11) is 0. The fraction of sp³-hybridized carbons (Fsp3) is 0.417. The maximum absolute atomic E-state index is 10.7. The van der Waals surface area contributed by atoms with Gasteiger partial charge in [0.15, 0.2) is 11.5 Å². The molecular weight excluding hydrogens is 304 g/mol. The minimum absolute atomic E-state index is 0.0599. The van der Waals surface area contributed by atoms with Gasteiger partial charge in [-0.25, -0.2) is 0 Å². The van der Waals surface area contributed by atoms with E-state index in [1.165, 1.54) is 0 Å². The molecule has 0 spiro atoms. The fourth-order valence-corrected chi connectivity index (χ4v) is 1.87. The van der Waals surface area contributed by atoms with Crippen LogP contribution in [0, 0.1) is 0 Å². The number of aliphatic hydroxyl groups is 2. The van der Waals surface area contributed by atoms with Crippen LogP contribution in [-0.4, -0.2) is 42.4 Å². The van der Waals surface area contributed by atoms with Crippen molar-refractivity contribution in [1.29, 1.82) is 0 Å². The number of ether oxygens (including phenoxy) is 2. The van der Waals surface area contributed by atoms with Gasteiger partial charge in [-0.3, -0.25) is 4.79 Å². The standard InChI is InChI=1S/C12H15BrO5/c1-2-17-11-4-8(5-14)3-10(13)12(11)18-7-9(16)6-15/h3-5,9,15-16H,2,6-7H2,1H3. The van der Waals surface area contributed by atoms with Gasteiger partial charge < -0.3 is 19.7 Å². The average molecular weight is 319 g/mol. The van der Waals surface area contributed by atoms with Crippen LogP contribution in [-0.2, 0) is 0 Å². The number of carbonyl (C=O) groups excluding carboxylic acids is 1. The van der Waals surface area contributed by atoms with Gasteiger partial charge in [-0.05, 0) is 35.0 Å². The fourth-order valence-electron chi connectivity index (χ4n) is 1.29. The Morgan fingerprint density at radius 2 is 2.17 bits per heavy atom. The average Bonchev–Trinajstić information content (AvgIpc) is 2.37. The Bertz CT molecular complexity index is 408. The smallest absolute Gasteiger partial charge is 0.175 e. The van der Waals surface area contributed by atoms with Crippen LogP contribution in [0.15, 0.2) is 16.6 Å². The molecule has 6 heteroatoms. The molecule has 2 N–H and O–H groups in total. The van der Waals surface area contributed by atoms with Gasteiger partial charge in [0.25, 0.3) is 0 Å². The zero-order valence-corrected chi connectivity index (χ0v) is 11.5. The molecule has 0 fully saturated rings.